The van der Waals surface area contributed by atoms with E-state index in [-0.39, 0.29) is 5.91 Å². The molecule has 0 saturated carbocycles. The Morgan fingerprint density at radius 1 is 1.14 bits per heavy atom. The van der Waals surface area contributed by atoms with E-state index in [1.54, 1.807) is 6.07 Å². The molecule has 1 amide bonds. The Balaban J connectivity index is 1.58. The monoisotopic (exact) mass is 437 g/mol. The lowest BCUT2D eigenvalue weighted by molar-refractivity contribution is 0.102. The second-order valence-corrected chi connectivity index (χ2v) is 8.58. The number of piperidine rings is 1. The summed E-state index contributed by atoms with van der Waals surface area (Å²) in [6.07, 6.45) is 2.44. The summed E-state index contributed by atoms with van der Waals surface area (Å²) in [5, 5.41) is 4.06. The van der Waals surface area contributed by atoms with E-state index in [0.717, 1.165) is 45.9 Å². The number of benzene rings is 2. The fraction of sp³-hybridized carbons (Fsp3) is 0.304. The van der Waals surface area contributed by atoms with Crippen molar-refractivity contribution in [2.45, 2.75) is 26.7 Å². The Morgan fingerprint density at radius 3 is 2.68 bits per heavy atom. The molecule has 1 saturated heterocycles. The maximum Gasteiger partial charge on any atom is 0.255 e. The molecule has 0 spiro atoms. The Bertz CT molecular complexity index is 1030. The van der Waals surface area contributed by atoms with Crippen LogP contribution in [0.2, 0.25) is 0 Å². The van der Waals surface area contributed by atoms with Crippen molar-refractivity contribution in [2.24, 2.45) is 5.92 Å². The van der Waals surface area contributed by atoms with Crippen LogP contribution in [0.3, 0.4) is 0 Å². The molecule has 2 aromatic carbocycles. The lowest BCUT2D eigenvalue weighted by atomic mass is 9.99. The smallest absolute Gasteiger partial charge is 0.255 e. The molecule has 0 radical (unpaired) electrons. The minimum Gasteiger partial charge on any atom is -0.357 e. The highest BCUT2D eigenvalue weighted by molar-refractivity contribution is 9.10. The molecule has 2 heterocycles. The fourth-order valence-corrected chi connectivity index (χ4v) is 4.09. The van der Waals surface area contributed by atoms with Gasteiger partial charge in [-0.15, -0.1) is 0 Å². The number of aryl methyl sites for hydroxylation is 1. The van der Waals surface area contributed by atoms with E-state index in [9.17, 15) is 4.79 Å². The molecule has 4 nitrogen and oxygen atoms in total. The molecule has 1 aliphatic heterocycles. The van der Waals surface area contributed by atoms with Gasteiger partial charge in [0.1, 0.15) is 5.82 Å². The number of rotatable bonds is 3. The SMILES string of the molecule is Cc1cc(N2CCC(C)CC2)nc2ccc(NC(=O)c3cccc(Br)c3)cc12. The normalized spacial score (nSPS) is 15.0. The van der Waals surface area contributed by atoms with Crippen LogP contribution in [0.5, 0.6) is 0 Å². The van der Waals surface area contributed by atoms with Gasteiger partial charge in [0.25, 0.3) is 5.91 Å². The molecule has 144 valence electrons. The summed E-state index contributed by atoms with van der Waals surface area (Å²) >= 11 is 3.41. The van der Waals surface area contributed by atoms with E-state index in [1.807, 2.05) is 36.4 Å². The van der Waals surface area contributed by atoms with E-state index in [0.29, 0.717) is 5.56 Å². The number of carbonyl (C=O) groups is 1. The van der Waals surface area contributed by atoms with E-state index in [2.05, 4.69) is 46.1 Å². The largest absolute Gasteiger partial charge is 0.357 e. The van der Waals surface area contributed by atoms with Crippen LogP contribution >= 0.6 is 15.9 Å². The van der Waals surface area contributed by atoms with Gasteiger partial charge in [0, 0.05) is 34.2 Å². The summed E-state index contributed by atoms with van der Waals surface area (Å²) in [5.41, 5.74) is 3.55. The number of aromatic nitrogens is 1. The van der Waals surface area contributed by atoms with Gasteiger partial charge in [0.05, 0.1) is 5.52 Å². The second kappa shape index (κ2) is 7.92. The van der Waals surface area contributed by atoms with Crippen molar-refractivity contribution in [1.29, 1.82) is 0 Å². The number of hydrogen-bond acceptors (Lipinski definition) is 3. The first-order valence-corrected chi connectivity index (χ1v) is 10.5. The molecule has 0 atom stereocenters. The molecule has 0 bridgehead atoms. The fourth-order valence-electron chi connectivity index (χ4n) is 3.69. The first kappa shape index (κ1) is 18.9. The highest BCUT2D eigenvalue weighted by Gasteiger charge is 2.18. The first-order chi connectivity index (χ1) is 13.5. The molecule has 1 aromatic heterocycles. The third-order valence-corrected chi connectivity index (χ3v) is 5.95. The van der Waals surface area contributed by atoms with E-state index >= 15 is 0 Å². The van der Waals surface area contributed by atoms with Crippen molar-refractivity contribution in [3.05, 3.63) is 64.1 Å². The van der Waals surface area contributed by atoms with Crippen LogP contribution in [-0.4, -0.2) is 24.0 Å². The van der Waals surface area contributed by atoms with E-state index in [4.69, 9.17) is 4.98 Å². The number of hydrogen-bond donors (Lipinski definition) is 1. The quantitative estimate of drug-likeness (QED) is 0.563. The maximum atomic E-state index is 12.5. The highest BCUT2D eigenvalue weighted by Crippen LogP contribution is 2.28. The van der Waals surface area contributed by atoms with Crippen LogP contribution in [0, 0.1) is 12.8 Å². The molecule has 1 aliphatic rings. The van der Waals surface area contributed by atoms with Crippen molar-refractivity contribution < 1.29 is 4.79 Å². The number of amides is 1. The van der Waals surface area contributed by atoms with Gasteiger partial charge >= 0.3 is 0 Å². The number of nitrogens with zero attached hydrogens (tertiary/aromatic N) is 2. The third-order valence-electron chi connectivity index (χ3n) is 5.45. The number of nitrogens with one attached hydrogen (secondary N) is 1. The Hall–Kier alpha value is -2.40. The van der Waals surface area contributed by atoms with Gasteiger partial charge in [-0.3, -0.25) is 4.79 Å². The lowest BCUT2D eigenvalue weighted by Crippen LogP contribution is -2.33. The van der Waals surface area contributed by atoms with Crippen molar-refractivity contribution >= 4 is 44.2 Å². The molecule has 28 heavy (non-hydrogen) atoms. The summed E-state index contributed by atoms with van der Waals surface area (Å²) < 4.78 is 0.887. The Labute approximate surface area is 174 Å². The summed E-state index contributed by atoms with van der Waals surface area (Å²) in [6.45, 7) is 6.57. The van der Waals surface area contributed by atoms with Gasteiger partial charge in [0.2, 0.25) is 0 Å². The molecule has 1 fully saturated rings. The van der Waals surface area contributed by atoms with E-state index < -0.39 is 0 Å². The summed E-state index contributed by atoms with van der Waals surface area (Å²) in [4.78, 5) is 19.8. The second-order valence-electron chi connectivity index (χ2n) is 7.66. The van der Waals surface area contributed by atoms with Gasteiger partial charge in [-0.2, -0.15) is 0 Å². The minimum absolute atomic E-state index is 0.120. The highest BCUT2D eigenvalue weighted by atomic mass is 79.9. The van der Waals surface area contributed by atoms with Gasteiger partial charge in [-0.05, 0) is 73.7 Å². The standard InChI is InChI=1S/C23H24BrN3O/c1-15-8-10-27(11-9-15)22-12-16(2)20-14-19(6-7-21(20)26-22)25-23(28)17-4-3-5-18(24)13-17/h3-7,12-15H,8-11H2,1-2H3,(H,25,28). The van der Waals surface area contributed by atoms with Crippen LogP contribution in [0.1, 0.15) is 35.7 Å². The van der Waals surface area contributed by atoms with Gasteiger partial charge in [0.15, 0.2) is 0 Å². The van der Waals surface area contributed by atoms with Crippen molar-refractivity contribution in [3.63, 3.8) is 0 Å². The summed E-state index contributed by atoms with van der Waals surface area (Å²) in [5.74, 6) is 1.74. The zero-order chi connectivity index (χ0) is 19.7. The zero-order valence-electron chi connectivity index (χ0n) is 16.2. The van der Waals surface area contributed by atoms with Crippen LogP contribution in [0.4, 0.5) is 11.5 Å². The predicted octanol–water partition coefficient (Wildman–Crippen LogP) is 5.79. The van der Waals surface area contributed by atoms with Gasteiger partial charge in [-0.1, -0.05) is 28.9 Å². The Kier molecular flexibility index (Phi) is 5.36. The van der Waals surface area contributed by atoms with Crippen molar-refractivity contribution in [3.8, 4) is 0 Å². The maximum absolute atomic E-state index is 12.5. The molecule has 4 rings (SSSR count). The molecule has 1 N–H and O–H groups in total. The first-order valence-electron chi connectivity index (χ1n) is 9.73. The van der Waals surface area contributed by atoms with Gasteiger partial charge < -0.3 is 10.2 Å². The number of fused-ring (bicyclic) bond motifs is 1. The van der Waals surface area contributed by atoms with Crippen molar-refractivity contribution in [2.75, 3.05) is 23.3 Å². The molecule has 3 aromatic rings. The van der Waals surface area contributed by atoms with Crippen LogP contribution in [0.15, 0.2) is 53.0 Å². The molecular formula is C23H24BrN3O. The number of anilines is 2. The average Bonchev–Trinajstić information content (AvgIpc) is 2.69. The topological polar surface area (TPSA) is 45.2 Å². The van der Waals surface area contributed by atoms with E-state index in [1.165, 1.54) is 18.4 Å². The number of halogens is 1. The zero-order valence-corrected chi connectivity index (χ0v) is 17.8. The lowest BCUT2D eigenvalue weighted by Gasteiger charge is -2.31. The van der Waals surface area contributed by atoms with Crippen LogP contribution < -0.4 is 10.2 Å². The molecule has 0 aliphatic carbocycles. The number of carbonyl (C=O) groups excluding carboxylic acids is 1. The summed E-state index contributed by atoms with van der Waals surface area (Å²) in [6, 6.07) is 15.5. The van der Waals surface area contributed by atoms with Crippen molar-refractivity contribution in [1.82, 2.24) is 4.98 Å². The predicted molar refractivity (Wildman–Crippen MR) is 119 cm³/mol. The Morgan fingerprint density at radius 2 is 1.93 bits per heavy atom. The van der Waals surface area contributed by atoms with Gasteiger partial charge in [-0.25, -0.2) is 4.98 Å². The molecule has 0 unspecified atom stereocenters. The number of pyridine rings is 1. The minimum atomic E-state index is -0.120. The third kappa shape index (κ3) is 4.04. The van der Waals surface area contributed by atoms with Crippen LogP contribution in [-0.2, 0) is 0 Å². The summed E-state index contributed by atoms with van der Waals surface area (Å²) in [7, 11) is 0. The molecular weight excluding hydrogens is 414 g/mol. The molecule has 5 heteroatoms. The van der Waals surface area contributed by atoms with Crippen LogP contribution in [0.25, 0.3) is 10.9 Å². The average molecular weight is 438 g/mol.